The number of thioether (sulfide) groups is 1. The molecule has 0 aliphatic carbocycles. The van der Waals surface area contributed by atoms with E-state index in [-0.39, 0.29) is 11.7 Å². The summed E-state index contributed by atoms with van der Waals surface area (Å²) in [6.07, 6.45) is 0. The minimum atomic E-state index is -2.84. The van der Waals surface area contributed by atoms with Gasteiger partial charge in [0.15, 0.2) is 0 Å². The second-order valence-corrected chi connectivity index (χ2v) is 6.29. The Morgan fingerprint density at radius 3 is 2.52 bits per heavy atom. The van der Waals surface area contributed by atoms with Crippen LogP contribution in [-0.4, -0.2) is 37.3 Å². The fourth-order valence-corrected chi connectivity index (χ4v) is 2.97. The highest BCUT2D eigenvalue weighted by atomic mass is 32.2. The molecule has 0 saturated heterocycles. The molecule has 134 valence electrons. The minimum absolute atomic E-state index is 0.0271. The first kappa shape index (κ1) is 19.1. The van der Waals surface area contributed by atoms with Gasteiger partial charge in [0.05, 0.1) is 12.9 Å². The van der Waals surface area contributed by atoms with Crippen molar-refractivity contribution in [2.45, 2.75) is 18.1 Å². The molecule has 0 saturated carbocycles. The summed E-state index contributed by atoms with van der Waals surface area (Å²) in [6, 6.07) is 13.8. The first-order chi connectivity index (χ1) is 12.0. The summed E-state index contributed by atoms with van der Waals surface area (Å²) in [5, 5.41) is 0. The van der Waals surface area contributed by atoms with Crippen molar-refractivity contribution in [1.29, 1.82) is 0 Å². The van der Waals surface area contributed by atoms with E-state index in [0.717, 1.165) is 16.2 Å². The zero-order chi connectivity index (χ0) is 18.2. The van der Waals surface area contributed by atoms with Crippen molar-refractivity contribution < 1.29 is 23.0 Å². The van der Waals surface area contributed by atoms with Gasteiger partial charge in [0, 0.05) is 18.5 Å². The van der Waals surface area contributed by atoms with E-state index < -0.39 is 6.61 Å². The van der Waals surface area contributed by atoms with Gasteiger partial charge in [-0.05, 0) is 35.9 Å². The summed E-state index contributed by atoms with van der Waals surface area (Å²) in [5.74, 6) is 1.12. The molecule has 1 amide bonds. The number of methoxy groups -OCH3 is 1. The van der Waals surface area contributed by atoms with Crippen molar-refractivity contribution in [1.82, 2.24) is 4.90 Å². The van der Waals surface area contributed by atoms with Gasteiger partial charge in [0.25, 0.3) is 0 Å². The molecule has 4 nitrogen and oxygen atoms in total. The number of nitrogens with zero attached hydrogens (tertiary/aromatic N) is 1. The van der Waals surface area contributed by atoms with E-state index in [1.165, 1.54) is 23.9 Å². The molecule has 0 aromatic heterocycles. The second kappa shape index (κ2) is 9.27. The second-order valence-electron chi connectivity index (χ2n) is 5.24. The lowest BCUT2D eigenvalue weighted by Crippen LogP contribution is -2.27. The fourth-order valence-electron chi connectivity index (χ4n) is 2.08. The van der Waals surface area contributed by atoms with Gasteiger partial charge in [-0.2, -0.15) is 8.78 Å². The third-order valence-electron chi connectivity index (χ3n) is 3.40. The molecule has 2 aromatic carbocycles. The Kier molecular flexibility index (Phi) is 7.06. The van der Waals surface area contributed by atoms with Crippen LogP contribution in [0, 0.1) is 0 Å². The number of carbonyl (C=O) groups is 1. The van der Waals surface area contributed by atoms with E-state index in [9.17, 15) is 13.6 Å². The Bertz CT molecular complexity index is 695. The molecule has 0 unspecified atom stereocenters. The lowest BCUT2D eigenvalue weighted by atomic mass is 10.2. The van der Waals surface area contributed by atoms with E-state index in [1.54, 1.807) is 31.2 Å². The first-order valence-corrected chi connectivity index (χ1v) is 8.51. The van der Waals surface area contributed by atoms with Gasteiger partial charge >= 0.3 is 6.61 Å². The van der Waals surface area contributed by atoms with Crippen molar-refractivity contribution >= 4 is 17.7 Å². The zero-order valence-corrected chi connectivity index (χ0v) is 14.8. The zero-order valence-electron chi connectivity index (χ0n) is 13.9. The number of amides is 1. The van der Waals surface area contributed by atoms with Gasteiger partial charge in [-0.3, -0.25) is 4.79 Å². The smallest absolute Gasteiger partial charge is 0.387 e. The Labute approximate surface area is 149 Å². The van der Waals surface area contributed by atoms with Crippen molar-refractivity contribution in [3.63, 3.8) is 0 Å². The molecule has 2 rings (SSSR count). The van der Waals surface area contributed by atoms with E-state index in [1.807, 2.05) is 24.3 Å². The molecule has 0 radical (unpaired) electrons. The average molecular weight is 367 g/mol. The minimum Gasteiger partial charge on any atom is -0.497 e. The van der Waals surface area contributed by atoms with Gasteiger partial charge in [0.2, 0.25) is 5.91 Å². The predicted molar refractivity (Wildman–Crippen MR) is 93.3 cm³/mol. The number of hydrogen-bond donors (Lipinski definition) is 0. The van der Waals surface area contributed by atoms with Crippen LogP contribution in [0.25, 0.3) is 0 Å². The SMILES string of the molecule is COc1cccc(SCC(=O)N(C)Cc2ccc(OC(F)F)cc2)c1. The third kappa shape index (κ3) is 6.26. The Balaban J connectivity index is 1.85. The van der Waals surface area contributed by atoms with Crippen LogP contribution in [0.2, 0.25) is 0 Å². The Hall–Kier alpha value is -2.28. The van der Waals surface area contributed by atoms with Crippen LogP contribution in [0.5, 0.6) is 11.5 Å². The molecule has 0 spiro atoms. The van der Waals surface area contributed by atoms with E-state index in [2.05, 4.69) is 4.74 Å². The maximum Gasteiger partial charge on any atom is 0.387 e. The van der Waals surface area contributed by atoms with Crippen LogP contribution in [0.3, 0.4) is 0 Å². The summed E-state index contributed by atoms with van der Waals surface area (Å²) >= 11 is 1.43. The van der Waals surface area contributed by atoms with E-state index in [4.69, 9.17) is 4.74 Å². The van der Waals surface area contributed by atoms with Crippen LogP contribution >= 0.6 is 11.8 Å². The Morgan fingerprint density at radius 1 is 1.16 bits per heavy atom. The predicted octanol–water partition coefficient (Wildman–Crippen LogP) is 4.05. The number of carbonyl (C=O) groups excluding carboxylic acids is 1. The highest BCUT2D eigenvalue weighted by Gasteiger charge is 2.11. The molecule has 7 heteroatoms. The van der Waals surface area contributed by atoms with Crippen molar-refractivity contribution in [3.8, 4) is 11.5 Å². The molecule has 0 bridgehead atoms. The lowest BCUT2D eigenvalue weighted by Gasteiger charge is -2.17. The molecule has 0 N–H and O–H groups in total. The van der Waals surface area contributed by atoms with Crippen LogP contribution in [0.4, 0.5) is 8.78 Å². The molecule has 0 aliphatic heterocycles. The molecular weight excluding hydrogens is 348 g/mol. The van der Waals surface area contributed by atoms with Crippen molar-refractivity contribution in [2.24, 2.45) is 0 Å². The summed E-state index contributed by atoms with van der Waals surface area (Å²) in [6.45, 7) is -2.45. The Morgan fingerprint density at radius 2 is 1.88 bits per heavy atom. The monoisotopic (exact) mass is 367 g/mol. The fraction of sp³-hybridized carbons (Fsp3) is 0.278. The molecule has 0 atom stereocenters. The normalized spacial score (nSPS) is 10.6. The van der Waals surface area contributed by atoms with E-state index in [0.29, 0.717) is 12.3 Å². The van der Waals surface area contributed by atoms with Gasteiger partial charge in [-0.15, -0.1) is 11.8 Å². The number of rotatable bonds is 8. The summed E-state index contributed by atoms with van der Waals surface area (Å²) in [7, 11) is 3.30. The first-order valence-electron chi connectivity index (χ1n) is 7.52. The van der Waals surface area contributed by atoms with Crippen LogP contribution in [-0.2, 0) is 11.3 Å². The number of alkyl halides is 2. The maximum absolute atomic E-state index is 12.2. The van der Waals surface area contributed by atoms with Crippen molar-refractivity contribution in [2.75, 3.05) is 19.9 Å². The van der Waals surface area contributed by atoms with Crippen LogP contribution in [0.15, 0.2) is 53.4 Å². The quantitative estimate of drug-likeness (QED) is 0.660. The number of hydrogen-bond acceptors (Lipinski definition) is 4. The molecular formula is C18H19F2NO3S. The molecule has 0 fully saturated rings. The van der Waals surface area contributed by atoms with Gasteiger partial charge < -0.3 is 14.4 Å². The molecule has 0 aliphatic rings. The van der Waals surface area contributed by atoms with Gasteiger partial charge in [0.1, 0.15) is 11.5 Å². The van der Waals surface area contributed by atoms with Gasteiger partial charge in [-0.1, -0.05) is 18.2 Å². The molecule has 0 heterocycles. The van der Waals surface area contributed by atoms with Gasteiger partial charge in [-0.25, -0.2) is 0 Å². The summed E-state index contributed by atoms with van der Waals surface area (Å²) in [5.41, 5.74) is 0.837. The lowest BCUT2D eigenvalue weighted by molar-refractivity contribution is -0.127. The van der Waals surface area contributed by atoms with Crippen LogP contribution < -0.4 is 9.47 Å². The third-order valence-corrected chi connectivity index (χ3v) is 4.38. The summed E-state index contributed by atoms with van der Waals surface area (Å²) in [4.78, 5) is 14.8. The molecule has 2 aromatic rings. The maximum atomic E-state index is 12.2. The van der Waals surface area contributed by atoms with E-state index >= 15 is 0 Å². The number of benzene rings is 2. The van der Waals surface area contributed by atoms with Crippen LogP contribution in [0.1, 0.15) is 5.56 Å². The molecule has 25 heavy (non-hydrogen) atoms. The number of halogens is 2. The van der Waals surface area contributed by atoms with Crippen molar-refractivity contribution in [3.05, 3.63) is 54.1 Å². The average Bonchev–Trinajstić information content (AvgIpc) is 2.61. The summed E-state index contributed by atoms with van der Waals surface area (Å²) < 4.78 is 33.7. The standard InChI is InChI=1S/C18H19F2NO3S/c1-21(11-13-6-8-14(9-7-13)24-18(19)20)17(22)12-25-16-5-3-4-15(10-16)23-2/h3-10,18H,11-12H2,1-2H3. The highest BCUT2D eigenvalue weighted by molar-refractivity contribution is 8.00. The highest BCUT2D eigenvalue weighted by Crippen LogP contribution is 2.23. The largest absolute Gasteiger partial charge is 0.497 e. The topological polar surface area (TPSA) is 38.8 Å². The number of ether oxygens (including phenoxy) is 2.